The van der Waals surface area contributed by atoms with Gasteiger partial charge in [-0.15, -0.1) is 0 Å². The van der Waals surface area contributed by atoms with Crippen molar-refractivity contribution in [1.29, 1.82) is 0 Å². The zero-order chi connectivity index (χ0) is 10.1. The first kappa shape index (κ1) is 9.19. The summed E-state index contributed by atoms with van der Waals surface area (Å²) in [4.78, 5) is 11.3. The first-order valence-corrected chi connectivity index (χ1v) is 4.59. The van der Waals surface area contributed by atoms with E-state index in [0.717, 1.165) is 5.56 Å². The van der Waals surface area contributed by atoms with Crippen molar-refractivity contribution in [2.75, 3.05) is 7.11 Å². The molecule has 0 bridgehead atoms. The normalized spacial score (nSPS) is 19.1. The number of halogens is 1. The molecule has 0 amide bonds. The Labute approximate surface area is 81.7 Å². The van der Waals surface area contributed by atoms with E-state index in [-0.39, 0.29) is 17.7 Å². The van der Waals surface area contributed by atoms with Crippen molar-refractivity contribution in [1.82, 2.24) is 0 Å². The van der Waals surface area contributed by atoms with E-state index in [4.69, 9.17) is 0 Å². The lowest BCUT2D eigenvalue weighted by Crippen LogP contribution is -2.11. The van der Waals surface area contributed by atoms with Gasteiger partial charge in [0, 0.05) is 0 Å². The summed E-state index contributed by atoms with van der Waals surface area (Å²) in [6.07, 6.45) is 1.28. The molecule has 2 rings (SSSR count). The maximum Gasteiger partial charge on any atom is 0.313 e. The molecule has 0 spiro atoms. The van der Waals surface area contributed by atoms with Gasteiger partial charge in [-0.1, -0.05) is 12.1 Å². The molecular formula is C11H11FO2. The van der Waals surface area contributed by atoms with Crippen LogP contribution in [0.25, 0.3) is 0 Å². The molecule has 0 aliphatic heterocycles. The molecule has 1 unspecified atom stereocenters. The Hall–Kier alpha value is -1.38. The van der Waals surface area contributed by atoms with E-state index in [9.17, 15) is 9.18 Å². The van der Waals surface area contributed by atoms with Crippen molar-refractivity contribution < 1.29 is 13.9 Å². The number of rotatable bonds is 1. The predicted molar refractivity (Wildman–Crippen MR) is 49.5 cm³/mol. The minimum absolute atomic E-state index is 0.214. The summed E-state index contributed by atoms with van der Waals surface area (Å²) in [6.45, 7) is 0. The van der Waals surface area contributed by atoms with Gasteiger partial charge in [0.15, 0.2) is 0 Å². The standard InChI is InChI=1S/C11H11FO2/c1-14-11(13)9-6-5-8-7(9)3-2-4-10(8)12/h2-4,9H,5-6H2,1H3. The van der Waals surface area contributed by atoms with Gasteiger partial charge in [0.2, 0.25) is 0 Å². The number of ether oxygens (including phenoxy) is 1. The van der Waals surface area contributed by atoms with E-state index < -0.39 is 0 Å². The van der Waals surface area contributed by atoms with E-state index >= 15 is 0 Å². The lowest BCUT2D eigenvalue weighted by molar-refractivity contribution is -0.142. The van der Waals surface area contributed by atoms with Crippen LogP contribution >= 0.6 is 0 Å². The third-order valence-corrected chi connectivity index (χ3v) is 2.70. The fraction of sp³-hybridized carbons (Fsp3) is 0.364. The summed E-state index contributed by atoms with van der Waals surface area (Å²) in [6, 6.07) is 4.86. The first-order valence-electron chi connectivity index (χ1n) is 4.59. The Morgan fingerprint density at radius 3 is 3.07 bits per heavy atom. The quantitative estimate of drug-likeness (QED) is 0.639. The van der Waals surface area contributed by atoms with Gasteiger partial charge in [0.25, 0.3) is 0 Å². The molecule has 0 fully saturated rings. The number of esters is 1. The molecule has 0 aromatic heterocycles. The van der Waals surface area contributed by atoms with Crippen molar-refractivity contribution in [3.63, 3.8) is 0 Å². The second-order valence-electron chi connectivity index (χ2n) is 3.42. The molecule has 1 aromatic carbocycles. The van der Waals surface area contributed by atoms with Gasteiger partial charge in [-0.25, -0.2) is 4.39 Å². The van der Waals surface area contributed by atoms with Gasteiger partial charge in [0.05, 0.1) is 13.0 Å². The fourth-order valence-corrected chi connectivity index (χ4v) is 2.00. The molecule has 74 valence electrons. The van der Waals surface area contributed by atoms with Gasteiger partial charge in [0.1, 0.15) is 5.82 Å². The van der Waals surface area contributed by atoms with Crippen LogP contribution in [0.2, 0.25) is 0 Å². The number of carbonyl (C=O) groups is 1. The van der Waals surface area contributed by atoms with Crippen molar-refractivity contribution in [3.8, 4) is 0 Å². The topological polar surface area (TPSA) is 26.3 Å². The van der Waals surface area contributed by atoms with Crippen molar-refractivity contribution in [2.24, 2.45) is 0 Å². The number of hydrogen-bond acceptors (Lipinski definition) is 2. The highest BCUT2D eigenvalue weighted by atomic mass is 19.1. The van der Waals surface area contributed by atoms with Crippen LogP contribution in [0.5, 0.6) is 0 Å². The minimum Gasteiger partial charge on any atom is -0.469 e. The Kier molecular flexibility index (Phi) is 2.23. The Morgan fingerprint density at radius 2 is 2.36 bits per heavy atom. The lowest BCUT2D eigenvalue weighted by Gasteiger charge is -2.08. The predicted octanol–water partition coefficient (Wildman–Crippen LogP) is 2.03. The van der Waals surface area contributed by atoms with E-state index in [1.165, 1.54) is 13.2 Å². The van der Waals surface area contributed by atoms with E-state index in [1.54, 1.807) is 12.1 Å². The highest BCUT2D eigenvalue weighted by Crippen LogP contribution is 2.34. The SMILES string of the molecule is COC(=O)C1CCc2c(F)cccc21. The molecule has 2 nitrogen and oxygen atoms in total. The maximum atomic E-state index is 13.3. The number of methoxy groups -OCH3 is 1. The van der Waals surface area contributed by atoms with Crippen molar-refractivity contribution in [2.45, 2.75) is 18.8 Å². The molecule has 1 aliphatic rings. The van der Waals surface area contributed by atoms with Gasteiger partial charge in [-0.05, 0) is 30.0 Å². The van der Waals surface area contributed by atoms with E-state index in [0.29, 0.717) is 18.4 Å². The Bertz CT molecular complexity index is 374. The largest absolute Gasteiger partial charge is 0.469 e. The van der Waals surface area contributed by atoms with Crippen molar-refractivity contribution in [3.05, 3.63) is 35.1 Å². The van der Waals surface area contributed by atoms with E-state index in [2.05, 4.69) is 4.74 Å². The average Bonchev–Trinajstić information content (AvgIpc) is 2.62. The number of carbonyl (C=O) groups excluding carboxylic acids is 1. The van der Waals surface area contributed by atoms with Crippen LogP contribution in [-0.2, 0) is 16.0 Å². The van der Waals surface area contributed by atoms with Crippen LogP contribution in [0.1, 0.15) is 23.5 Å². The monoisotopic (exact) mass is 194 g/mol. The summed E-state index contributed by atoms with van der Waals surface area (Å²) in [5.74, 6) is -0.756. The molecule has 1 aromatic rings. The third kappa shape index (κ3) is 1.29. The third-order valence-electron chi connectivity index (χ3n) is 2.70. The molecule has 0 saturated heterocycles. The summed E-state index contributed by atoms with van der Waals surface area (Å²) < 4.78 is 17.9. The van der Waals surface area contributed by atoms with Crippen LogP contribution in [0, 0.1) is 5.82 Å². The fourth-order valence-electron chi connectivity index (χ4n) is 2.00. The molecule has 14 heavy (non-hydrogen) atoms. The minimum atomic E-state index is -0.273. The van der Waals surface area contributed by atoms with Gasteiger partial charge in [-0.3, -0.25) is 4.79 Å². The first-order chi connectivity index (χ1) is 6.74. The number of hydrogen-bond donors (Lipinski definition) is 0. The lowest BCUT2D eigenvalue weighted by atomic mass is 10.0. The van der Waals surface area contributed by atoms with Crippen LogP contribution in [0.4, 0.5) is 4.39 Å². The molecule has 3 heteroatoms. The maximum absolute atomic E-state index is 13.3. The average molecular weight is 194 g/mol. The van der Waals surface area contributed by atoms with Crippen LogP contribution < -0.4 is 0 Å². The number of benzene rings is 1. The van der Waals surface area contributed by atoms with Crippen molar-refractivity contribution >= 4 is 5.97 Å². The summed E-state index contributed by atoms with van der Waals surface area (Å²) in [5, 5.41) is 0. The molecule has 0 N–H and O–H groups in total. The zero-order valence-electron chi connectivity index (χ0n) is 7.92. The number of fused-ring (bicyclic) bond motifs is 1. The second kappa shape index (κ2) is 3.40. The zero-order valence-corrected chi connectivity index (χ0v) is 7.92. The molecule has 0 saturated carbocycles. The van der Waals surface area contributed by atoms with Gasteiger partial charge in [-0.2, -0.15) is 0 Å². The van der Waals surface area contributed by atoms with E-state index in [1.807, 2.05) is 0 Å². The summed E-state index contributed by atoms with van der Waals surface area (Å²) in [5.41, 5.74) is 1.46. The molecule has 1 atom stereocenters. The molecule has 0 radical (unpaired) electrons. The summed E-state index contributed by atoms with van der Waals surface area (Å²) in [7, 11) is 1.36. The van der Waals surface area contributed by atoms with Crippen LogP contribution in [0.3, 0.4) is 0 Å². The molecular weight excluding hydrogens is 183 g/mol. The molecule has 0 heterocycles. The smallest absolute Gasteiger partial charge is 0.313 e. The van der Waals surface area contributed by atoms with Gasteiger partial charge >= 0.3 is 5.97 Å². The highest BCUT2D eigenvalue weighted by Gasteiger charge is 2.30. The molecule has 1 aliphatic carbocycles. The van der Waals surface area contributed by atoms with Crippen LogP contribution in [0.15, 0.2) is 18.2 Å². The van der Waals surface area contributed by atoms with Crippen LogP contribution in [-0.4, -0.2) is 13.1 Å². The Balaban J connectivity index is 2.40. The summed E-state index contributed by atoms with van der Waals surface area (Å²) >= 11 is 0. The second-order valence-corrected chi connectivity index (χ2v) is 3.42. The Morgan fingerprint density at radius 1 is 1.57 bits per heavy atom. The highest BCUT2D eigenvalue weighted by molar-refractivity contribution is 5.79. The van der Waals surface area contributed by atoms with Gasteiger partial charge < -0.3 is 4.74 Å².